The summed E-state index contributed by atoms with van der Waals surface area (Å²) < 4.78 is 49.1. The summed E-state index contributed by atoms with van der Waals surface area (Å²) in [6, 6.07) is 6.66. The number of rotatable bonds is 9. The van der Waals surface area contributed by atoms with Crippen LogP contribution in [0.4, 0.5) is 10.6 Å². The summed E-state index contributed by atoms with van der Waals surface area (Å²) >= 11 is 0. The van der Waals surface area contributed by atoms with E-state index in [0.29, 0.717) is 24.2 Å². The minimum absolute atomic E-state index is 0.0139. The fourth-order valence-corrected chi connectivity index (χ4v) is 7.58. The molecule has 1 saturated heterocycles. The van der Waals surface area contributed by atoms with Crippen LogP contribution in [0.1, 0.15) is 54.2 Å². The molecule has 3 atom stereocenters. The number of carbonyl (C=O) groups excluding carboxylic acids is 1. The van der Waals surface area contributed by atoms with Gasteiger partial charge in [0, 0.05) is 6.42 Å². The van der Waals surface area contributed by atoms with Crippen molar-refractivity contribution < 1.29 is 26.8 Å². The minimum Gasteiger partial charge on any atom is -0.414 e. The topological polar surface area (TPSA) is 147 Å². The maximum atomic E-state index is 12.7. The number of amides is 2. The van der Waals surface area contributed by atoms with Crippen molar-refractivity contribution in [1.29, 1.82) is 0 Å². The van der Waals surface area contributed by atoms with Crippen molar-refractivity contribution in [3.8, 4) is 0 Å². The first-order chi connectivity index (χ1) is 20.2. The monoisotopic (exact) mass is 662 g/mol. The molecule has 0 aliphatic carbocycles. The van der Waals surface area contributed by atoms with E-state index in [1.807, 2.05) is 4.72 Å². The highest BCUT2D eigenvalue weighted by Crippen LogP contribution is 2.43. The van der Waals surface area contributed by atoms with Gasteiger partial charge in [-0.05, 0) is 48.4 Å². The van der Waals surface area contributed by atoms with E-state index in [1.54, 1.807) is 29.1 Å². The van der Waals surface area contributed by atoms with E-state index in [4.69, 9.17) is 13.6 Å². The number of urea groups is 1. The van der Waals surface area contributed by atoms with Crippen molar-refractivity contribution in [1.82, 2.24) is 24.2 Å². The quantitative estimate of drug-likeness (QED) is 0.262. The number of imidazole rings is 1. The number of hydrogen-bond acceptors (Lipinski definition) is 9. The zero-order chi connectivity index (χ0) is 32.7. The van der Waals surface area contributed by atoms with E-state index in [1.165, 1.54) is 18.5 Å². The van der Waals surface area contributed by atoms with E-state index in [-0.39, 0.29) is 33.0 Å². The van der Waals surface area contributed by atoms with Crippen molar-refractivity contribution >= 4 is 49.7 Å². The average Bonchev–Trinajstić information content (AvgIpc) is 3.50. The Morgan fingerprint density at radius 2 is 1.64 bits per heavy atom. The molecule has 4 rings (SSSR count). The van der Waals surface area contributed by atoms with Gasteiger partial charge in [0.2, 0.25) is 0 Å². The summed E-state index contributed by atoms with van der Waals surface area (Å²) in [6.45, 7) is 22.6. The van der Waals surface area contributed by atoms with Gasteiger partial charge >= 0.3 is 6.03 Å². The molecule has 242 valence electrons. The van der Waals surface area contributed by atoms with Crippen LogP contribution in [0, 0.1) is 0 Å². The summed E-state index contributed by atoms with van der Waals surface area (Å²) in [5.41, 5.74) is 0.731. The van der Waals surface area contributed by atoms with Crippen LogP contribution in [0.2, 0.25) is 36.3 Å². The number of hydrogen-bond donors (Lipinski definition) is 2. The van der Waals surface area contributed by atoms with Crippen LogP contribution >= 0.6 is 0 Å². The molecule has 12 nitrogen and oxygen atoms in total. The third-order valence-electron chi connectivity index (χ3n) is 9.03. The Balaban J connectivity index is 1.57. The van der Waals surface area contributed by atoms with E-state index < -0.39 is 38.9 Å². The van der Waals surface area contributed by atoms with Crippen LogP contribution in [0.15, 0.2) is 47.9 Å². The van der Waals surface area contributed by atoms with Crippen molar-refractivity contribution in [2.45, 2.75) is 108 Å². The Kier molecular flexibility index (Phi) is 9.51. The molecule has 2 amide bonds. The molecule has 1 aliphatic rings. The molecule has 1 aliphatic heterocycles. The standard InChI is InChI=1S/C29H46N6O6SSi2/c1-28(2,3)43(7,8)39-17-22-21(41-44(9,10)29(4,5)6)16-23(40-22)35-19-32-24-25(30-18-31-26(24)35)33-27(36)34-42(37,38)20-14-12-11-13-15-20/h11-15,18-19,21-23H,16-17H2,1-10H3,(H2,30,31,33,34,36)/t21?,22-,23-/m1/s1. The molecule has 1 unspecified atom stereocenters. The molecule has 2 aromatic heterocycles. The smallest absolute Gasteiger partial charge is 0.334 e. The van der Waals surface area contributed by atoms with Crippen LogP contribution in [-0.2, 0) is 23.6 Å². The lowest BCUT2D eigenvalue weighted by atomic mass is 10.2. The van der Waals surface area contributed by atoms with Gasteiger partial charge in [0.15, 0.2) is 33.6 Å². The minimum atomic E-state index is -4.07. The van der Waals surface area contributed by atoms with Gasteiger partial charge in [0.05, 0.1) is 23.9 Å². The Labute approximate surface area is 262 Å². The lowest BCUT2D eigenvalue weighted by molar-refractivity contribution is -0.0383. The molecular formula is C29H46N6O6SSi2. The van der Waals surface area contributed by atoms with Crippen molar-refractivity contribution in [3.05, 3.63) is 43.0 Å². The van der Waals surface area contributed by atoms with Crippen LogP contribution < -0.4 is 10.0 Å². The summed E-state index contributed by atoms with van der Waals surface area (Å²) in [6.07, 6.45) is 2.50. The number of fused-ring (bicyclic) bond motifs is 1. The fourth-order valence-electron chi connectivity index (χ4n) is 4.28. The molecule has 44 heavy (non-hydrogen) atoms. The maximum absolute atomic E-state index is 12.7. The Morgan fingerprint density at radius 3 is 2.25 bits per heavy atom. The average molecular weight is 663 g/mol. The number of anilines is 1. The molecule has 0 spiro atoms. The second kappa shape index (κ2) is 12.2. The van der Waals surface area contributed by atoms with E-state index in [2.05, 4.69) is 88.0 Å². The van der Waals surface area contributed by atoms with Crippen molar-refractivity contribution in [2.24, 2.45) is 0 Å². The second-order valence-corrected chi connectivity index (χ2v) is 25.5. The van der Waals surface area contributed by atoms with Crippen molar-refractivity contribution in [3.63, 3.8) is 0 Å². The lowest BCUT2D eigenvalue weighted by Crippen LogP contribution is -2.48. The molecule has 0 saturated carbocycles. The zero-order valence-electron chi connectivity index (χ0n) is 27.3. The SMILES string of the molecule is CC(C)(C)[Si](C)(C)OC[C@H]1O[C@@H](n2cnc3c(NC(=O)NS(=O)(=O)c4ccccc4)ncnc32)CC1O[Si](C)(C)C(C)(C)C. The number of sulfonamides is 1. The molecule has 3 heterocycles. The second-order valence-electron chi connectivity index (χ2n) is 14.3. The molecule has 1 fully saturated rings. The first-order valence-corrected chi connectivity index (χ1v) is 22.1. The van der Waals surface area contributed by atoms with E-state index in [9.17, 15) is 13.2 Å². The predicted octanol–water partition coefficient (Wildman–Crippen LogP) is 6.04. The number of ether oxygens (including phenoxy) is 1. The number of benzene rings is 1. The molecular weight excluding hydrogens is 617 g/mol. The largest absolute Gasteiger partial charge is 0.414 e. The number of carbonyl (C=O) groups is 1. The molecule has 15 heteroatoms. The number of nitrogens with one attached hydrogen (secondary N) is 2. The Bertz CT molecular complexity index is 1590. The normalized spacial score (nSPS) is 20.2. The lowest BCUT2D eigenvalue weighted by Gasteiger charge is -2.40. The van der Waals surface area contributed by atoms with Crippen LogP contribution in [-0.4, -0.2) is 69.4 Å². The first kappa shape index (κ1) is 34.2. The molecule has 2 N–H and O–H groups in total. The van der Waals surface area contributed by atoms with Gasteiger partial charge in [-0.1, -0.05) is 59.7 Å². The predicted molar refractivity (Wildman–Crippen MR) is 175 cm³/mol. The van der Waals surface area contributed by atoms with Crippen molar-refractivity contribution in [2.75, 3.05) is 11.9 Å². The Hall–Kier alpha value is -2.70. The number of nitrogens with zero attached hydrogens (tertiary/aromatic N) is 4. The van der Waals surface area contributed by atoms with Gasteiger partial charge < -0.3 is 13.6 Å². The Morgan fingerprint density at radius 1 is 1.00 bits per heavy atom. The zero-order valence-corrected chi connectivity index (χ0v) is 30.2. The fraction of sp³-hybridized carbons (Fsp3) is 0.586. The van der Waals surface area contributed by atoms with Crippen LogP contribution in [0.3, 0.4) is 0 Å². The third-order valence-corrected chi connectivity index (χ3v) is 19.4. The van der Waals surface area contributed by atoms with Gasteiger partial charge in [0.1, 0.15) is 18.7 Å². The van der Waals surface area contributed by atoms with E-state index >= 15 is 0 Å². The molecule has 1 aromatic carbocycles. The maximum Gasteiger partial charge on any atom is 0.334 e. The highest BCUT2D eigenvalue weighted by atomic mass is 32.2. The number of aromatic nitrogens is 4. The molecule has 0 radical (unpaired) electrons. The van der Waals surface area contributed by atoms with Gasteiger partial charge in [-0.15, -0.1) is 0 Å². The summed E-state index contributed by atoms with van der Waals surface area (Å²) in [7, 11) is -8.26. The van der Waals surface area contributed by atoms with Crippen LogP contribution in [0.5, 0.6) is 0 Å². The first-order valence-electron chi connectivity index (χ1n) is 14.8. The molecule has 0 bridgehead atoms. The van der Waals surface area contributed by atoms with Gasteiger partial charge in [-0.2, -0.15) is 0 Å². The third kappa shape index (κ3) is 7.40. The highest BCUT2D eigenvalue weighted by molar-refractivity contribution is 7.90. The summed E-state index contributed by atoms with van der Waals surface area (Å²) in [4.78, 5) is 25.7. The van der Waals surface area contributed by atoms with E-state index in [0.717, 1.165) is 0 Å². The summed E-state index contributed by atoms with van der Waals surface area (Å²) in [5, 5.41) is 2.56. The van der Waals surface area contributed by atoms with Crippen LogP contribution in [0.25, 0.3) is 11.2 Å². The summed E-state index contributed by atoms with van der Waals surface area (Å²) in [5.74, 6) is 0.0689. The van der Waals surface area contributed by atoms with Gasteiger partial charge in [-0.25, -0.2) is 32.9 Å². The highest BCUT2D eigenvalue weighted by Gasteiger charge is 2.47. The van der Waals surface area contributed by atoms with Gasteiger partial charge in [-0.3, -0.25) is 9.88 Å². The van der Waals surface area contributed by atoms with Gasteiger partial charge in [0.25, 0.3) is 10.0 Å². The molecule has 3 aromatic rings.